The summed E-state index contributed by atoms with van der Waals surface area (Å²) in [5.41, 5.74) is 2.26. The summed E-state index contributed by atoms with van der Waals surface area (Å²) in [7, 11) is 0. The maximum atomic E-state index is 12.1. The molecule has 1 fully saturated rings. The van der Waals surface area contributed by atoms with Crippen LogP contribution in [0.4, 0.5) is 0 Å². The number of carbonyl (C=O) groups is 1. The average Bonchev–Trinajstić information content (AvgIpc) is 2.68. The summed E-state index contributed by atoms with van der Waals surface area (Å²) in [4.78, 5) is 14.1. The number of amides is 1. The van der Waals surface area contributed by atoms with E-state index in [4.69, 9.17) is 17.3 Å². The lowest BCUT2D eigenvalue weighted by atomic mass is 10.1. The van der Waals surface area contributed by atoms with Gasteiger partial charge < -0.3 is 5.11 Å². The third kappa shape index (κ3) is 3.23. The number of nitrogens with zero attached hydrogens (tertiary/aromatic N) is 1. The van der Waals surface area contributed by atoms with Crippen LogP contribution in [0.2, 0.25) is 0 Å². The molecule has 2 rings (SSSR count). The van der Waals surface area contributed by atoms with E-state index in [1.54, 1.807) is 0 Å². The van der Waals surface area contributed by atoms with Crippen LogP contribution in [-0.2, 0) is 11.2 Å². The summed E-state index contributed by atoms with van der Waals surface area (Å²) < 4.78 is 0.510. The van der Waals surface area contributed by atoms with E-state index in [2.05, 4.69) is 19.1 Å². The van der Waals surface area contributed by atoms with Crippen LogP contribution in [0.1, 0.15) is 18.1 Å². The molecule has 1 heterocycles. The third-order valence-electron chi connectivity index (χ3n) is 2.88. The highest BCUT2D eigenvalue weighted by Gasteiger charge is 2.31. The lowest BCUT2D eigenvalue weighted by molar-refractivity contribution is -0.122. The molecule has 5 heteroatoms. The van der Waals surface area contributed by atoms with E-state index in [1.165, 1.54) is 22.2 Å². The maximum absolute atomic E-state index is 12.1. The van der Waals surface area contributed by atoms with Gasteiger partial charge in [0, 0.05) is 0 Å². The Balaban J connectivity index is 2.19. The number of thiocarbonyl (C=S) groups is 1. The SMILES string of the molecule is CCc1ccc(/C=C2\SC(=S)N(CCO)C2=O)cc1. The van der Waals surface area contributed by atoms with Crippen molar-refractivity contribution >= 4 is 40.3 Å². The van der Waals surface area contributed by atoms with Gasteiger partial charge in [-0.15, -0.1) is 0 Å². The van der Waals surface area contributed by atoms with Crippen LogP contribution in [0, 0.1) is 0 Å². The van der Waals surface area contributed by atoms with Crippen molar-refractivity contribution in [3.8, 4) is 0 Å². The zero-order valence-corrected chi connectivity index (χ0v) is 12.3. The molecule has 0 saturated carbocycles. The Morgan fingerprint density at radius 2 is 2.05 bits per heavy atom. The fourth-order valence-electron chi connectivity index (χ4n) is 1.79. The monoisotopic (exact) mass is 293 g/mol. The van der Waals surface area contributed by atoms with Gasteiger partial charge in [0.05, 0.1) is 18.1 Å². The van der Waals surface area contributed by atoms with Gasteiger partial charge >= 0.3 is 0 Å². The Morgan fingerprint density at radius 3 is 2.63 bits per heavy atom. The van der Waals surface area contributed by atoms with E-state index in [0.29, 0.717) is 9.23 Å². The number of hydrogen-bond acceptors (Lipinski definition) is 4. The van der Waals surface area contributed by atoms with Gasteiger partial charge in [0.1, 0.15) is 4.32 Å². The first-order valence-corrected chi connectivity index (χ1v) is 7.33. The Hall–Kier alpha value is -1.17. The summed E-state index contributed by atoms with van der Waals surface area (Å²) in [5.74, 6) is -0.122. The fourth-order valence-corrected chi connectivity index (χ4v) is 3.10. The molecule has 1 N–H and O–H groups in total. The number of aryl methyl sites for hydroxylation is 1. The van der Waals surface area contributed by atoms with Gasteiger partial charge in [-0.05, 0) is 23.6 Å². The molecule has 1 saturated heterocycles. The standard InChI is InChI=1S/C14H15NO2S2/c1-2-10-3-5-11(6-4-10)9-12-13(17)15(7-8-16)14(18)19-12/h3-6,9,16H,2,7-8H2,1H3/b12-9-. The van der Waals surface area contributed by atoms with E-state index in [0.717, 1.165) is 12.0 Å². The summed E-state index contributed by atoms with van der Waals surface area (Å²) in [6, 6.07) is 8.11. The molecule has 1 aliphatic rings. The van der Waals surface area contributed by atoms with Gasteiger partial charge in [0.2, 0.25) is 0 Å². The Labute approximate surface area is 122 Å². The molecule has 0 aromatic heterocycles. The van der Waals surface area contributed by atoms with Crippen molar-refractivity contribution < 1.29 is 9.90 Å². The van der Waals surface area contributed by atoms with Crippen molar-refractivity contribution in [2.45, 2.75) is 13.3 Å². The average molecular weight is 293 g/mol. The van der Waals surface area contributed by atoms with Crippen LogP contribution in [-0.4, -0.2) is 33.4 Å². The van der Waals surface area contributed by atoms with Crippen LogP contribution in [0.15, 0.2) is 29.2 Å². The quantitative estimate of drug-likeness (QED) is 0.684. The first-order chi connectivity index (χ1) is 9.15. The first kappa shape index (κ1) is 14.2. The number of benzene rings is 1. The Morgan fingerprint density at radius 1 is 1.37 bits per heavy atom. The fraction of sp³-hybridized carbons (Fsp3) is 0.286. The van der Waals surface area contributed by atoms with Crippen molar-refractivity contribution in [1.82, 2.24) is 4.90 Å². The van der Waals surface area contributed by atoms with Crippen molar-refractivity contribution in [2.75, 3.05) is 13.2 Å². The second-order valence-corrected chi connectivity index (χ2v) is 5.83. The van der Waals surface area contributed by atoms with Gasteiger partial charge in [-0.3, -0.25) is 9.69 Å². The molecule has 1 amide bonds. The Kier molecular flexibility index (Phi) is 4.74. The van der Waals surface area contributed by atoms with Crippen LogP contribution in [0.3, 0.4) is 0 Å². The molecule has 0 aliphatic carbocycles. The second-order valence-electron chi connectivity index (χ2n) is 4.15. The van der Waals surface area contributed by atoms with E-state index in [-0.39, 0.29) is 19.1 Å². The van der Waals surface area contributed by atoms with Gasteiger partial charge in [-0.2, -0.15) is 0 Å². The molecule has 1 aromatic carbocycles. The smallest absolute Gasteiger partial charge is 0.266 e. The van der Waals surface area contributed by atoms with Gasteiger partial charge in [-0.25, -0.2) is 0 Å². The molecule has 0 radical (unpaired) electrons. The summed E-state index contributed by atoms with van der Waals surface area (Å²) in [6.07, 6.45) is 2.84. The molecule has 0 spiro atoms. The van der Waals surface area contributed by atoms with Crippen LogP contribution >= 0.6 is 24.0 Å². The maximum Gasteiger partial charge on any atom is 0.266 e. The van der Waals surface area contributed by atoms with Gasteiger partial charge in [-0.1, -0.05) is 55.2 Å². The number of aliphatic hydroxyl groups is 1. The van der Waals surface area contributed by atoms with E-state index >= 15 is 0 Å². The van der Waals surface area contributed by atoms with Crippen molar-refractivity contribution in [3.05, 3.63) is 40.3 Å². The summed E-state index contributed by atoms with van der Waals surface area (Å²) in [5, 5.41) is 8.91. The molecule has 0 unspecified atom stereocenters. The third-order valence-corrected chi connectivity index (χ3v) is 4.26. The molecule has 19 heavy (non-hydrogen) atoms. The predicted molar refractivity (Wildman–Crippen MR) is 82.8 cm³/mol. The molecular weight excluding hydrogens is 278 g/mol. The summed E-state index contributed by atoms with van der Waals surface area (Å²) in [6.45, 7) is 2.29. The zero-order chi connectivity index (χ0) is 13.8. The van der Waals surface area contributed by atoms with E-state index < -0.39 is 0 Å². The number of carbonyl (C=O) groups excluding carboxylic acids is 1. The zero-order valence-electron chi connectivity index (χ0n) is 10.6. The molecule has 0 atom stereocenters. The number of thioether (sulfide) groups is 1. The van der Waals surface area contributed by atoms with Gasteiger partial charge in [0.15, 0.2) is 0 Å². The van der Waals surface area contributed by atoms with E-state index in [9.17, 15) is 4.79 Å². The van der Waals surface area contributed by atoms with Crippen molar-refractivity contribution in [3.63, 3.8) is 0 Å². The Bertz CT molecular complexity index is 523. The lowest BCUT2D eigenvalue weighted by Gasteiger charge is -2.11. The molecule has 100 valence electrons. The number of β-amino-alcohol motifs (C(OH)–C–C–N with tert-alkyl or cyclic N) is 1. The minimum atomic E-state index is -0.122. The molecule has 0 bridgehead atoms. The van der Waals surface area contributed by atoms with Crippen molar-refractivity contribution in [2.24, 2.45) is 0 Å². The van der Waals surface area contributed by atoms with Crippen LogP contribution < -0.4 is 0 Å². The predicted octanol–water partition coefficient (Wildman–Crippen LogP) is 2.44. The van der Waals surface area contributed by atoms with Gasteiger partial charge in [0.25, 0.3) is 5.91 Å². The largest absolute Gasteiger partial charge is 0.395 e. The molecular formula is C14H15NO2S2. The summed E-state index contributed by atoms with van der Waals surface area (Å²) >= 11 is 6.42. The van der Waals surface area contributed by atoms with Crippen LogP contribution in [0.5, 0.6) is 0 Å². The minimum Gasteiger partial charge on any atom is -0.395 e. The number of aliphatic hydroxyl groups excluding tert-OH is 1. The highest BCUT2D eigenvalue weighted by atomic mass is 32.2. The first-order valence-electron chi connectivity index (χ1n) is 6.11. The van der Waals surface area contributed by atoms with Crippen LogP contribution in [0.25, 0.3) is 6.08 Å². The normalized spacial score (nSPS) is 17.6. The minimum absolute atomic E-state index is 0.0785. The highest BCUT2D eigenvalue weighted by molar-refractivity contribution is 8.26. The van der Waals surface area contributed by atoms with E-state index in [1.807, 2.05) is 18.2 Å². The topological polar surface area (TPSA) is 40.5 Å². The second kappa shape index (κ2) is 6.32. The molecule has 3 nitrogen and oxygen atoms in total. The lowest BCUT2D eigenvalue weighted by Crippen LogP contribution is -2.30. The number of hydrogen-bond donors (Lipinski definition) is 1. The molecule has 1 aromatic rings. The highest BCUT2D eigenvalue weighted by Crippen LogP contribution is 2.32. The van der Waals surface area contributed by atoms with Crippen molar-refractivity contribution in [1.29, 1.82) is 0 Å². The molecule has 1 aliphatic heterocycles. The number of rotatable bonds is 4.